The van der Waals surface area contributed by atoms with Gasteiger partial charge < -0.3 is 4.74 Å². The maximum atomic E-state index is 14.9. The van der Waals surface area contributed by atoms with E-state index in [2.05, 4.69) is 41.3 Å². The molecule has 1 aliphatic rings. The third-order valence-corrected chi connectivity index (χ3v) is 6.20. The molecule has 11 heteroatoms. The van der Waals surface area contributed by atoms with E-state index in [1.54, 1.807) is 47.0 Å². The van der Waals surface area contributed by atoms with E-state index in [0.29, 0.717) is 32.3 Å². The van der Waals surface area contributed by atoms with Crippen molar-refractivity contribution in [3.63, 3.8) is 0 Å². The Morgan fingerprint density at radius 3 is 2.67 bits per heavy atom. The molecular formula is C22H13BrClFN6O2. The first-order valence-corrected chi connectivity index (χ1v) is 10.8. The highest BCUT2D eigenvalue weighted by atomic mass is 79.9. The summed E-state index contributed by atoms with van der Waals surface area (Å²) in [7, 11) is 0. The normalized spacial score (nSPS) is 14.7. The van der Waals surface area contributed by atoms with Crippen molar-refractivity contribution in [1.29, 1.82) is 0 Å². The summed E-state index contributed by atoms with van der Waals surface area (Å²) in [5, 5.41) is 16.8. The summed E-state index contributed by atoms with van der Waals surface area (Å²) >= 11 is 10.2. The van der Waals surface area contributed by atoms with Gasteiger partial charge in [0, 0.05) is 28.7 Å². The summed E-state index contributed by atoms with van der Waals surface area (Å²) in [6.07, 6.45) is 0.323. The van der Waals surface area contributed by atoms with E-state index in [1.807, 2.05) is 0 Å². The molecule has 5 rings (SSSR count). The minimum Gasteiger partial charge on any atom is -0.432 e. The number of benzene rings is 2. The van der Waals surface area contributed by atoms with Gasteiger partial charge in [-0.15, -0.1) is 15.3 Å². The van der Waals surface area contributed by atoms with Crippen molar-refractivity contribution in [2.24, 2.45) is 4.99 Å². The van der Waals surface area contributed by atoms with Crippen LogP contribution in [0.4, 0.5) is 4.39 Å². The van der Waals surface area contributed by atoms with Crippen molar-refractivity contribution in [2.75, 3.05) is 0 Å². The predicted molar refractivity (Wildman–Crippen MR) is 122 cm³/mol. The molecule has 1 aliphatic heterocycles. The number of fused-ring (bicyclic) bond motifs is 3. The number of esters is 1. The van der Waals surface area contributed by atoms with Crippen molar-refractivity contribution >= 4 is 39.2 Å². The molecule has 0 saturated carbocycles. The standard InChI is InChI=1S/C22H13BrClFN6O2/c1-11(32)33-22-21-30-29-20(15-7-4-10-26-28-15)31(21)16-9-8-13(23)18(24)17(16)19(27-22)12-5-2-3-6-14(12)25/h2-10,22H,1H3. The largest absolute Gasteiger partial charge is 0.432 e. The first-order valence-electron chi connectivity index (χ1n) is 9.67. The number of hydrogen-bond donors (Lipinski definition) is 0. The highest BCUT2D eigenvalue weighted by Crippen LogP contribution is 2.39. The average molecular weight is 528 g/mol. The minimum atomic E-state index is -1.21. The topological polar surface area (TPSA) is 95.2 Å². The third-order valence-electron chi connectivity index (χ3n) is 4.91. The summed E-state index contributed by atoms with van der Waals surface area (Å²) in [5.41, 5.74) is 1.75. The quantitative estimate of drug-likeness (QED) is 0.359. The second-order valence-corrected chi connectivity index (χ2v) is 8.23. The van der Waals surface area contributed by atoms with E-state index in [-0.39, 0.29) is 17.1 Å². The first kappa shape index (κ1) is 21.4. The Morgan fingerprint density at radius 2 is 1.94 bits per heavy atom. The molecule has 164 valence electrons. The number of nitrogens with zero attached hydrogens (tertiary/aromatic N) is 6. The van der Waals surface area contributed by atoms with Crippen LogP contribution in [0.25, 0.3) is 17.2 Å². The Kier molecular flexibility index (Phi) is 5.47. The molecule has 0 N–H and O–H groups in total. The number of hydrogen-bond acceptors (Lipinski definition) is 7. The van der Waals surface area contributed by atoms with Crippen LogP contribution in [-0.4, -0.2) is 36.6 Å². The van der Waals surface area contributed by atoms with Crippen LogP contribution in [0.15, 0.2) is 64.2 Å². The Morgan fingerprint density at radius 1 is 1.12 bits per heavy atom. The van der Waals surface area contributed by atoms with Crippen LogP contribution in [0.1, 0.15) is 30.1 Å². The minimum absolute atomic E-state index is 0.190. The second kappa shape index (κ2) is 8.45. The SMILES string of the molecule is CC(=O)OC1N=C(c2ccccc2F)c2c(ccc(Br)c2Cl)-n2c(-c3cccnn3)nnc21. The fraction of sp³-hybridized carbons (Fsp3) is 0.0909. The number of rotatable bonds is 3. The molecule has 0 fully saturated rings. The van der Waals surface area contributed by atoms with Crippen LogP contribution in [0, 0.1) is 5.82 Å². The molecular weight excluding hydrogens is 515 g/mol. The average Bonchev–Trinajstić information content (AvgIpc) is 3.19. The zero-order chi connectivity index (χ0) is 23.1. The van der Waals surface area contributed by atoms with Gasteiger partial charge in [-0.05, 0) is 52.3 Å². The van der Waals surface area contributed by atoms with Gasteiger partial charge in [0.05, 0.1) is 16.4 Å². The van der Waals surface area contributed by atoms with E-state index < -0.39 is 18.0 Å². The van der Waals surface area contributed by atoms with Gasteiger partial charge in [-0.25, -0.2) is 9.38 Å². The highest BCUT2D eigenvalue weighted by molar-refractivity contribution is 9.10. The fourth-order valence-electron chi connectivity index (χ4n) is 3.57. The second-order valence-electron chi connectivity index (χ2n) is 7.00. The molecule has 0 bridgehead atoms. The van der Waals surface area contributed by atoms with Crippen LogP contribution in [0.5, 0.6) is 0 Å². The molecule has 0 spiro atoms. The Hall–Kier alpha value is -3.50. The van der Waals surface area contributed by atoms with Gasteiger partial charge >= 0.3 is 5.97 Å². The molecule has 8 nitrogen and oxygen atoms in total. The molecule has 2 aromatic heterocycles. The van der Waals surface area contributed by atoms with E-state index in [9.17, 15) is 9.18 Å². The highest BCUT2D eigenvalue weighted by Gasteiger charge is 2.34. The number of carbonyl (C=O) groups excluding carboxylic acids is 1. The summed E-state index contributed by atoms with van der Waals surface area (Å²) in [6.45, 7) is 1.25. The lowest BCUT2D eigenvalue weighted by atomic mass is 9.99. The number of aromatic nitrogens is 5. The first-order chi connectivity index (χ1) is 16.0. The monoisotopic (exact) mass is 526 g/mol. The van der Waals surface area contributed by atoms with Gasteiger partial charge in [-0.2, -0.15) is 5.10 Å². The van der Waals surface area contributed by atoms with Gasteiger partial charge in [-0.3, -0.25) is 9.36 Å². The van der Waals surface area contributed by atoms with Gasteiger partial charge in [0.2, 0.25) is 5.82 Å². The number of aliphatic imine (C=N–C) groups is 1. The van der Waals surface area contributed by atoms with Gasteiger partial charge in [-0.1, -0.05) is 23.7 Å². The Labute approximate surface area is 200 Å². The van der Waals surface area contributed by atoms with Crippen LogP contribution in [0.2, 0.25) is 5.02 Å². The molecule has 1 unspecified atom stereocenters. The van der Waals surface area contributed by atoms with E-state index in [1.165, 1.54) is 19.2 Å². The van der Waals surface area contributed by atoms with Gasteiger partial charge in [0.25, 0.3) is 6.23 Å². The van der Waals surface area contributed by atoms with Crippen molar-refractivity contribution in [1.82, 2.24) is 25.0 Å². The van der Waals surface area contributed by atoms with E-state index in [0.717, 1.165) is 0 Å². The molecule has 0 saturated heterocycles. The van der Waals surface area contributed by atoms with Crippen LogP contribution in [0.3, 0.4) is 0 Å². The van der Waals surface area contributed by atoms with Crippen molar-refractivity contribution in [3.05, 3.63) is 87.0 Å². The van der Waals surface area contributed by atoms with Crippen LogP contribution < -0.4 is 0 Å². The van der Waals surface area contributed by atoms with E-state index >= 15 is 0 Å². The van der Waals surface area contributed by atoms with Crippen LogP contribution in [-0.2, 0) is 9.53 Å². The van der Waals surface area contributed by atoms with Gasteiger partial charge in [0.15, 0.2) is 5.82 Å². The number of ether oxygens (including phenoxy) is 1. The predicted octanol–water partition coefficient (Wildman–Crippen LogP) is 4.69. The zero-order valence-corrected chi connectivity index (χ0v) is 19.2. The molecule has 4 aromatic rings. The summed E-state index contributed by atoms with van der Waals surface area (Å²) in [5.74, 6) is -0.561. The van der Waals surface area contributed by atoms with E-state index in [4.69, 9.17) is 16.3 Å². The Bertz CT molecular complexity index is 1430. The van der Waals surface area contributed by atoms with Crippen LogP contribution >= 0.6 is 27.5 Å². The fourth-order valence-corrected chi connectivity index (χ4v) is 4.15. The molecule has 0 amide bonds. The van der Waals surface area contributed by atoms with Gasteiger partial charge in [0.1, 0.15) is 11.5 Å². The molecule has 33 heavy (non-hydrogen) atoms. The molecule has 0 aliphatic carbocycles. The lowest BCUT2D eigenvalue weighted by molar-refractivity contribution is -0.146. The maximum absolute atomic E-state index is 14.9. The lowest BCUT2D eigenvalue weighted by Crippen LogP contribution is -2.12. The summed E-state index contributed by atoms with van der Waals surface area (Å²) < 4.78 is 22.6. The third kappa shape index (κ3) is 3.70. The molecule has 0 radical (unpaired) electrons. The number of carbonyl (C=O) groups is 1. The zero-order valence-electron chi connectivity index (χ0n) is 16.9. The molecule has 2 aromatic carbocycles. The smallest absolute Gasteiger partial charge is 0.304 e. The maximum Gasteiger partial charge on any atom is 0.304 e. The van der Waals surface area contributed by atoms with Crippen molar-refractivity contribution in [3.8, 4) is 17.2 Å². The Balaban J connectivity index is 1.88. The lowest BCUT2D eigenvalue weighted by Gasteiger charge is -2.16. The summed E-state index contributed by atoms with van der Waals surface area (Å²) in [4.78, 5) is 16.5. The molecule has 3 heterocycles. The summed E-state index contributed by atoms with van der Waals surface area (Å²) in [6, 6.07) is 13.1. The van der Waals surface area contributed by atoms with Crippen molar-refractivity contribution in [2.45, 2.75) is 13.2 Å². The van der Waals surface area contributed by atoms with Crippen molar-refractivity contribution < 1.29 is 13.9 Å². The number of halogens is 3. The molecule has 1 atom stereocenters.